The number of likely N-dealkylation sites (tertiary alicyclic amines) is 1. The highest BCUT2D eigenvalue weighted by atomic mass is 16.2. The number of benzene rings is 1. The Hall–Kier alpha value is -3.62. The Balaban J connectivity index is 1.35. The summed E-state index contributed by atoms with van der Waals surface area (Å²) in [4.78, 5) is 31.1. The first-order valence-corrected chi connectivity index (χ1v) is 13.5. The maximum Gasteiger partial charge on any atom is 0.314 e. The van der Waals surface area contributed by atoms with E-state index in [0.717, 1.165) is 47.4 Å². The Morgan fingerprint density at radius 2 is 1.78 bits per heavy atom. The third kappa shape index (κ3) is 5.26. The van der Waals surface area contributed by atoms with E-state index in [1.807, 2.05) is 36.9 Å². The maximum absolute atomic E-state index is 13.1. The lowest BCUT2D eigenvalue weighted by Gasteiger charge is -2.32. The number of anilines is 1. The number of carbonyl (C=O) groups excluding carboxylic acids is 2. The Kier molecular flexibility index (Phi) is 7.30. The molecule has 0 spiro atoms. The van der Waals surface area contributed by atoms with Crippen LogP contribution in [0.3, 0.4) is 0 Å². The predicted molar refractivity (Wildman–Crippen MR) is 145 cm³/mol. The molecule has 1 aliphatic carbocycles. The van der Waals surface area contributed by atoms with Crippen LogP contribution in [-0.2, 0) is 13.1 Å². The van der Waals surface area contributed by atoms with Crippen molar-refractivity contribution < 1.29 is 9.59 Å². The number of primary amides is 1. The summed E-state index contributed by atoms with van der Waals surface area (Å²) >= 11 is 0. The number of piperidine rings is 1. The van der Waals surface area contributed by atoms with Gasteiger partial charge < -0.3 is 21.3 Å². The van der Waals surface area contributed by atoms with Crippen molar-refractivity contribution in [2.24, 2.45) is 5.73 Å². The van der Waals surface area contributed by atoms with Crippen LogP contribution in [0.25, 0.3) is 11.0 Å². The van der Waals surface area contributed by atoms with Crippen molar-refractivity contribution in [3.8, 4) is 0 Å². The first kappa shape index (κ1) is 25.0. The van der Waals surface area contributed by atoms with Crippen LogP contribution >= 0.6 is 0 Å². The lowest BCUT2D eigenvalue weighted by atomic mass is 9.96. The largest absolute Gasteiger partial charge is 0.381 e. The van der Waals surface area contributed by atoms with Crippen molar-refractivity contribution in [2.45, 2.75) is 77.4 Å². The van der Waals surface area contributed by atoms with Gasteiger partial charge in [-0.1, -0.05) is 25.0 Å². The van der Waals surface area contributed by atoms with Crippen LogP contribution < -0.4 is 16.4 Å². The second kappa shape index (κ2) is 10.8. The molecule has 3 heterocycles. The quantitative estimate of drug-likeness (QED) is 0.444. The van der Waals surface area contributed by atoms with Gasteiger partial charge in [0, 0.05) is 49.0 Å². The third-order valence-corrected chi connectivity index (χ3v) is 7.97. The molecule has 9 nitrogen and oxygen atoms in total. The number of aromatic nitrogens is 3. The summed E-state index contributed by atoms with van der Waals surface area (Å²) in [6.45, 7) is 6.35. The molecule has 0 atom stereocenters. The first-order valence-electron chi connectivity index (χ1n) is 13.5. The molecule has 1 saturated heterocycles. The van der Waals surface area contributed by atoms with E-state index in [1.165, 1.54) is 31.2 Å². The van der Waals surface area contributed by atoms with Crippen molar-refractivity contribution in [1.29, 1.82) is 0 Å². The van der Waals surface area contributed by atoms with E-state index in [2.05, 4.69) is 27.9 Å². The molecule has 2 aliphatic rings. The molecule has 3 amide bonds. The Morgan fingerprint density at radius 3 is 2.43 bits per heavy atom. The first-order chi connectivity index (χ1) is 17.9. The van der Waals surface area contributed by atoms with Gasteiger partial charge in [-0.05, 0) is 63.1 Å². The molecule has 0 radical (unpaired) electrons. The molecule has 2 aromatic heterocycles. The number of carbonyl (C=O) groups is 2. The minimum absolute atomic E-state index is 0.0950. The zero-order chi connectivity index (χ0) is 25.9. The van der Waals surface area contributed by atoms with Gasteiger partial charge in [-0.3, -0.25) is 4.79 Å². The van der Waals surface area contributed by atoms with E-state index in [0.29, 0.717) is 31.1 Å². The fourth-order valence-corrected chi connectivity index (χ4v) is 5.74. The van der Waals surface area contributed by atoms with Crippen LogP contribution in [0.5, 0.6) is 0 Å². The summed E-state index contributed by atoms with van der Waals surface area (Å²) < 4.78 is 1.89. The predicted octanol–water partition coefficient (Wildman–Crippen LogP) is 4.30. The number of nitrogens with two attached hydrogens (primary N) is 1. The standard InChI is InChI=1S/C28H37N7O2/c1-3-35-26-24(17-31-35)25(33-22-12-14-34(15-13-22)28(29)37)23(18(2)32-26)16-30-27(36)21-10-8-20(9-11-21)19-6-4-5-7-19/h8-11,17,19,22H,3-7,12-16H2,1-2H3,(H2,29,37)(H,30,36)(H,32,33). The van der Waals surface area contributed by atoms with Crippen molar-refractivity contribution in [1.82, 2.24) is 25.0 Å². The Bertz CT molecular complexity index is 1270. The lowest BCUT2D eigenvalue weighted by Crippen LogP contribution is -2.44. The molecule has 4 N–H and O–H groups in total. The van der Waals surface area contributed by atoms with E-state index in [4.69, 9.17) is 10.7 Å². The fourth-order valence-electron chi connectivity index (χ4n) is 5.74. The second-order valence-electron chi connectivity index (χ2n) is 10.3. The van der Waals surface area contributed by atoms with Gasteiger partial charge in [0.2, 0.25) is 0 Å². The van der Waals surface area contributed by atoms with Crippen LogP contribution in [0.1, 0.15) is 78.5 Å². The summed E-state index contributed by atoms with van der Waals surface area (Å²) in [5, 5.41) is 12.3. The summed E-state index contributed by atoms with van der Waals surface area (Å²) in [6.07, 6.45) is 8.52. The third-order valence-electron chi connectivity index (χ3n) is 7.97. The number of nitrogens with one attached hydrogen (secondary N) is 2. The molecule has 5 rings (SSSR count). The molecule has 0 bridgehead atoms. The molecule has 9 heteroatoms. The summed E-state index contributed by atoms with van der Waals surface area (Å²) in [5.41, 5.74) is 11.1. The molecular weight excluding hydrogens is 466 g/mol. The zero-order valence-corrected chi connectivity index (χ0v) is 21.8. The molecule has 0 unspecified atom stereocenters. The van der Waals surface area contributed by atoms with E-state index in [-0.39, 0.29) is 18.0 Å². The normalized spacial score (nSPS) is 16.9. The van der Waals surface area contributed by atoms with Crippen LogP contribution in [0.15, 0.2) is 30.5 Å². The van der Waals surface area contributed by atoms with Crippen molar-refractivity contribution in [2.75, 3.05) is 18.4 Å². The van der Waals surface area contributed by atoms with Gasteiger partial charge in [0.05, 0.1) is 17.3 Å². The smallest absolute Gasteiger partial charge is 0.314 e. The molecule has 37 heavy (non-hydrogen) atoms. The molecule has 2 fully saturated rings. The minimum Gasteiger partial charge on any atom is -0.381 e. The summed E-state index contributed by atoms with van der Waals surface area (Å²) in [6, 6.07) is 7.90. The van der Waals surface area contributed by atoms with E-state index in [1.54, 1.807) is 4.90 Å². The highest BCUT2D eigenvalue weighted by molar-refractivity contribution is 5.95. The van der Waals surface area contributed by atoms with Gasteiger partial charge in [0.1, 0.15) is 0 Å². The molecule has 196 valence electrons. The van der Waals surface area contributed by atoms with Gasteiger partial charge in [0.25, 0.3) is 5.91 Å². The van der Waals surface area contributed by atoms with Gasteiger partial charge in [-0.25, -0.2) is 14.5 Å². The highest BCUT2D eigenvalue weighted by Crippen LogP contribution is 2.34. The van der Waals surface area contributed by atoms with E-state index < -0.39 is 0 Å². The van der Waals surface area contributed by atoms with Gasteiger partial charge in [-0.15, -0.1) is 0 Å². The SMILES string of the molecule is CCn1ncc2c(NC3CCN(C(N)=O)CC3)c(CNC(=O)c3ccc(C4CCCC4)cc3)c(C)nc21. The van der Waals surface area contributed by atoms with Gasteiger partial charge >= 0.3 is 6.03 Å². The topological polar surface area (TPSA) is 118 Å². The number of amides is 3. The average Bonchev–Trinajstić information content (AvgIpc) is 3.59. The molecular formula is C28H37N7O2. The zero-order valence-electron chi connectivity index (χ0n) is 21.8. The van der Waals surface area contributed by atoms with Crippen LogP contribution in [0.2, 0.25) is 0 Å². The fraction of sp³-hybridized carbons (Fsp3) is 0.500. The summed E-state index contributed by atoms with van der Waals surface area (Å²) in [5.74, 6) is 0.535. The van der Waals surface area contributed by atoms with E-state index >= 15 is 0 Å². The average molecular weight is 504 g/mol. The Morgan fingerprint density at radius 1 is 1.08 bits per heavy atom. The highest BCUT2D eigenvalue weighted by Gasteiger charge is 2.24. The Labute approximate surface area is 217 Å². The second-order valence-corrected chi connectivity index (χ2v) is 10.3. The van der Waals surface area contributed by atoms with E-state index in [9.17, 15) is 9.59 Å². The van der Waals surface area contributed by atoms with Gasteiger partial charge in [0.15, 0.2) is 5.65 Å². The van der Waals surface area contributed by atoms with Crippen LogP contribution in [-0.4, -0.2) is 50.7 Å². The number of urea groups is 1. The molecule has 1 aromatic carbocycles. The monoisotopic (exact) mass is 503 g/mol. The van der Waals surface area contributed by atoms with Crippen molar-refractivity contribution in [3.05, 3.63) is 52.8 Å². The van der Waals surface area contributed by atoms with Crippen LogP contribution in [0.4, 0.5) is 10.5 Å². The molecule has 3 aromatic rings. The summed E-state index contributed by atoms with van der Waals surface area (Å²) in [7, 11) is 0. The minimum atomic E-state index is -0.371. The van der Waals surface area contributed by atoms with Crippen molar-refractivity contribution in [3.63, 3.8) is 0 Å². The number of aryl methyl sites for hydroxylation is 2. The lowest BCUT2D eigenvalue weighted by molar-refractivity contribution is 0.0951. The number of hydrogen-bond acceptors (Lipinski definition) is 5. The van der Waals surface area contributed by atoms with Crippen LogP contribution in [0, 0.1) is 6.92 Å². The maximum atomic E-state index is 13.1. The molecule has 1 saturated carbocycles. The number of rotatable bonds is 7. The number of nitrogens with zero attached hydrogens (tertiary/aromatic N) is 4. The number of pyridine rings is 1. The molecule has 1 aliphatic heterocycles. The van der Waals surface area contributed by atoms with Crippen molar-refractivity contribution >= 4 is 28.7 Å². The number of hydrogen-bond donors (Lipinski definition) is 3. The van der Waals surface area contributed by atoms with Gasteiger partial charge in [-0.2, -0.15) is 5.10 Å². The number of fused-ring (bicyclic) bond motifs is 1.